The largest absolute Gasteiger partial charge is 0.370 e. The first kappa shape index (κ1) is 15.6. The lowest BCUT2D eigenvalue weighted by Gasteiger charge is -2.30. The van der Waals surface area contributed by atoms with Crippen LogP contribution in [0.25, 0.3) is 10.9 Å². The smallest absolute Gasteiger partial charge is 0.271 e. The molecule has 0 unspecified atom stereocenters. The third-order valence-corrected chi connectivity index (χ3v) is 4.69. The monoisotopic (exact) mass is 311 g/mol. The first-order valence-electron chi connectivity index (χ1n) is 8.03. The summed E-state index contributed by atoms with van der Waals surface area (Å²) in [5, 5.41) is 9.42. The number of anilines is 1. The number of pyridine rings is 1. The van der Waals surface area contributed by atoms with E-state index in [2.05, 4.69) is 5.97 Å². The summed E-state index contributed by atoms with van der Waals surface area (Å²) in [6, 6.07) is 3.14. The van der Waals surface area contributed by atoms with Crippen molar-refractivity contribution in [2.45, 2.75) is 33.0 Å². The van der Waals surface area contributed by atoms with Crippen molar-refractivity contribution in [2.24, 2.45) is 0 Å². The van der Waals surface area contributed by atoms with E-state index in [4.69, 9.17) is 5.26 Å². The highest BCUT2D eigenvalue weighted by Gasteiger charge is 2.24. The van der Waals surface area contributed by atoms with Crippen molar-refractivity contribution < 1.29 is 4.39 Å². The summed E-state index contributed by atoms with van der Waals surface area (Å²) in [6.07, 6.45) is 3.33. The van der Waals surface area contributed by atoms with Crippen LogP contribution in [0.1, 0.15) is 12.5 Å². The van der Waals surface area contributed by atoms with E-state index in [0.29, 0.717) is 29.7 Å². The molecule has 1 aliphatic heterocycles. The third kappa shape index (κ3) is 2.72. The average Bonchev–Trinajstić information content (AvgIpc) is 2.58. The molecule has 0 spiro atoms. The fraction of sp³-hybridized carbons (Fsp3) is 0.412. The van der Waals surface area contributed by atoms with Gasteiger partial charge in [0.25, 0.3) is 6.71 Å². The van der Waals surface area contributed by atoms with Crippen molar-refractivity contribution in [1.82, 2.24) is 4.57 Å². The molecule has 1 aromatic carbocycles. The zero-order chi connectivity index (χ0) is 16.6. The summed E-state index contributed by atoms with van der Waals surface area (Å²) in [4.78, 5) is 14.3. The Morgan fingerprint density at radius 3 is 2.65 bits per heavy atom. The van der Waals surface area contributed by atoms with E-state index < -0.39 is 0 Å². The van der Waals surface area contributed by atoms with Gasteiger partial charge in [0.15, 0.2) is 5.43 Å². The Morgan fingerprint density at radius 1 is 1.35 bits per heavy atom. The molecule has 0 aliphatic carbocycles. The number of hydrogen-bond acceptors (Lipinski definition) is 3. The van der Waals surface area contributed by atoms with Gasteiger partial charge in [0.05, 0.1) is 11.2 Å². The van der Waals surface area contributed by atoms with Gasteiger partial charge in [-0.05, 0) is 38.6 Å². The van der Waals surface area contributed by atoms with Crippen LogP contribution in [-0.4, -0.2) is 24.4 Å². The molecule has 0 atom stereocenters. The molecule has 0 radical (unpaired) electrons. The van der Waals surface area contributed by atoms with Gasteiger partial charge in [-0.3, -0.25) is 4.79 Å². The van der Waals surface area contributed by atoms with Gasteiger partial charge in [0, 0.05) is 42.7 Å². The lowest BCUT2D eigenvalue weighted by Crippen LogP contribution is -2.37. The predicted molar refractivity (Wildman–Crippen MR) is 91.8 cm³/mol. The number of rotatable bonds is 2. The number of nitrogens with zero attached hydrogens (tertiary/aromatic N) is 3. The summed E-state index contributed by atoms with van der Waals surface area (Å²) in [6.45, 7) is 5.88. The third-order valence-electron chi connectivity index (χ3n) is 4.69. The van der Waals surface area contributed by atoms with Crippen molar-refractivity contribution in [3.8, 4) is 5.97 Å². The first-order valence-corrected chi connectivity index (χ1v) is 8.03. The van der Waals surface area contributed by atoms with E-state index in [-0.39, 0.29) is 18.0 Å². The van der Waals surface area contributed by atoms with E-state index in [1.807, 2.05) is 22.6 Å². The maximum Gasteiger partial charge on any atom is 0.271 e. The van der Waals surface area contributed by atoms with E-state index in [1.165, 1.54) is 6.07 Å². The molecule has 0 bridgehead atoms. The molecule has 1 aliphatic rings. The molecular weight excluding hydrogens is 292 g/mol. The van der Waals surface area contributed by atoms with Gasteiger partial charge in [-0.25, -0.2) is 9.65 Å². The highest BCUT2D eigenvalue weighted by atomic mass is 19.1. The second kappa shape index (κ2) is 6.07. The molecule has 6 heteroatoms. The Morgan fingerprint density at radius 2 is 2.04 bits per heavy atom. The quantitative estimate of drug-likeness (QED) is 0.801. The van der Waals surface area contributed by atoms with E-state index in [1.54, 1.807) is 13.0 Å². The fourth-order valence-electron chi connectivity index (χ4n) is 3.30. The number of fused-ring (bicyclic) bond motifs is 1. The summed E-state index contributed by atoms with van der Waals surface area (Å²) >= 11 is 0. The average molecular weight is 311 g/mol. The lowest BCUT2D eigenvalue weighted by atomic mass is 9.45. The number of hydrogen-bond donors (Lipinski definition) is 0. The Hall–Kier alpha value is -2.29. The Kier molecular flexibility index (Phi) is 4.12. The van der Waals surface area contributed by atoms with E-state index in [9.17, 15) is 9.18 Å². The van der Waals surface area contributed by atoms with Crippen LogP contribution in [0, 0.1) is 24.0 Å². The maximum absolute atomic E-state index is 14.6. The standard InChI is InChI=1S/C17H19BFN3O/c1-3-21-10-12(2)17(23)13-8-14(19)16(9-15(13)21)22-6-4-18(11-20)5-7-22/h8-10H,3-7H2,1-2H3. The van der Waals surface area contributed by atoms with Crippen LogP contribution in [0.15, 0.2) is 23.1 Å². The molecule has 1 aromatic heterocycles. The Bertz CT molecular complexity index is 848. The highest BCUT2D eigenvalue weighted by molar-refractivity contribution is 6.67. The lowest BCUT2D eigenvalue weighted by molar-refractivity contribution is 0.619. The van der Waals surface area contributed by atoms with Crippen molar-refractivity contribution in [2.75, 3.05) is 18.0 Å². The molecule has 23 heavy (non-hydrogen) atoms. The Balaban J connectivity index is 2.10. The van der Waals surface area contributed by atoms with Gasteiger partial charge in [0.2, 0.25) is 0 Å². The van der Waals surface area contributed by atoms with E-state index >= 15 is 0 Å². The molecule has 2 heterocycles. The highest BCUT2D eigenvalue weighted by Crippen LogP contribution is 2.27. The van der Waals surface area contributed by atoms with Crippen LogP contribution < -0.4 is 10.3 Å². The normalized spacial score (nSPS) is 15.0. The molecule has 3 rings (SSSR count). The summed E-state index contributed by atoms with van der Waals surface area (Å²) in [5.74, 6) is 1.92. The van der Waals surface area contributed by atoms with Gasteiger partial charge in [-0.15, -0.1) is 0 Å². The van der Waals surface area contributed by atoms with Crippen molar-refractivity contribution in [1.29, 1.82) is 5.26 Å². The van der Waals surface area contributed by atoms with Crippen LogP contribution in [0.2, 0.25) is 12.6 Å². The Labute approximate surface area is 135 Å². The van der Waals surface area contributed by atoms with E-state index in [0.717, 1.165) is 24.7 Å². The first-order chi connectivity index (χ1) is 11.0. The van der Waals surface area contributed by atoms with Crippen molar-refractivity contribution in [3.05, 3.63) is 39.9 Å². The van der Waals surface area contributed by atoms with Crippen LogP contribution >= 0.6 is 0 Å². The minimum atomic E-state index is -0.363. The van der Waals surface area contributed by atoms with Gasteiger partial charge in [-0.1, -0.05) is 0 Å². The number of nitriles is 1. The summed E-state index contributed by atoms with van der Waals surface area (Å²) < 4.78 is 16.6. The number of halogens is 1. The number of aromatic nitrogens is 1. The molecule has 118 valence electrons. The minimum Gasteiger partial charge on any atom is -0.370 e. The summed E-state index contributed by atoms with van der Waals surface area (Å²) in [7, 11) is 0. The molecule has 0 amide bonds. The van der Waals surface area contributed by atoms with Crippen LogP contribution in [-0.2, 0) is 6.54 Å². The topological polar surface area (TPSA) is 49.0 Å². The molecule has 1 fully saturated rings. The molecule has 0 N–H and O–H groups in total. The second-order valence-corrected chi connectivity index (χ2v) is 6.14. The van der Waals surface area contributed by atoms with Crippen LogP contribution in [0.5, 0.6) is 0 Å². The fourth-order valence-corrected chi connectivity index (χ4v) is 3.30. The molecular formula is C17H19BFN3O. The molecule has 0 saturated carbocycles. The maximum atomic E-state index is 14.6. The number of benzene rings is 1. The zero-order valence-electron chi connectivity index (χ0n) is 13.5. The molecule has 1 saturated heterocycles. The number of aryl methyl sites for hydroxylation is 2. The van der Waals surface area contributed by atoms with Crippen molar-refractivity contribution in [3.63, 3.8) is 0 Å². The van der Waals surface area contributed by atoms with Crippen LogP contribution in [0.3, 0.4) is 0 Å². The van der Waals surface area contributed by atoms with Gasteiger partial charge >= 0.3 is 0 Å². The zero-order valence-corrected chi connectivity index (χ0v) is 13.5. The summed E-state index contributed by atoms with van der Waals surface area (Å²) in [5.41, 5.74) is 1.81. The predicted octanol–water partition coefficient (Wildman–Crippen LogP) is 2.85. The molecule has 4 nitrogen and oxygen atoms in total. The van der Waals surface area contributed by atoms with Crippen LogP contribution in [0.4, 0.5) is 10.1 Å². The SMILES string of the molecule is CCn1cc(C)c(=O)c2cc(F)c(N3CCB(C#N)CC3)cc21. The second-order valence-electron chi connectivity index (χ2n) is 6.14. The van der Waals surface area contributed by atoms with Gasteiger partial charge < -0.3 is 9.47 Å². The van der Waals surface area contributed by atoms with Gasteiger partial charge in [0.1, 0.15) is 5.82 Å². The molecule has 2 aromatic rings. The minimum absolute atomic E-state index is 0.0613. The van der Waals surface area contributed by atoms with Crippen molar-refractivity contribution >= 4 is 23.3 Å². The van der Waals surface area contributed by atoms with Gasteiger partial charge in [-0.2, -0.15) is 0 Å².